The summed E-state index contributed by atoms with van der Waals surface area (Å²) in [4.78, 5) is 13.9. The Morgan fingerprint density at radius 2 is 1.86 bits per heavy atom. The van der Waals surface area contributed by atoms with Gasteiger partial charge in [-0.25, -0.2) is 0 Å². The number of hydrogen-bond acceptors (Lipinski definition) is 1. The van der Waals surface area contributed by atoms with Gasteiger partial charge in [-0.3, -0.25) is 4.79 Å². The number of amides is 1. The van der Waals surface area contributed by atoms with Crippen molar-refractivity contribution in [2.45, 2.75) is 71.4 Å². The van der Waals surface area contributed by atoms with Crippen LogP contribution in [0.5, 0.6) is 0 Å². The molecular formula is C12H23NO. The van der Waals surface area contributed by atoms with E-state index in [0.717, 1.165) is 0 Å². The molecule has 1 aliphatic carbocycles. The molecule has 0 N–H and O–H groups in total. The van der Waals surface area contributed by atoms with Crippen LogP contribution in [0.4, 0.5) is 0 Å². The van der Waals surface area contributed by atoms with Crippen molar-refractivity contribution in [1.82, 2.24) is 4.90 Å². The average molecular weight is 197 g/mol. The van der Waals surface area contributed by atoms with Crippen molar-refractivity contribution in [3.63, 3.8) is 0 Å². The summed E-state index contributed by atoms with van der Waals surface area (Å²) in [6.45, 7) is 6.21. The van der Waals surface area contributed by atoms with Crippen LogP contribution in [-0.4, -0.2) is 22.9 Å². The van der Waals surface area contributed by atoms with E-state index in [0.29, 0.717) is 24.4 Å². The van der Waals surface area contributed by atoms with Gasteiger partial charge in [-0.05, 0) is 26.7 Å². The van der Waals surface area contributed by atoms with Gasteiger partial charge in [0.25, 0.3) is 0 Å². The molecule has 14 heavy (non-hydrogen) atoms. The summed E-state index contributed by atoms with van der Waals surface area (Å²) in [7, 11) is 0. The highest BCUT2D eigenvalue weighted by Crippen LogP contribution is 2.24. The van der Waals surface area contributed by atoms with E-state index in [4.69, 9.17) is 0 Å². The molecule has 1 aliphatic rings. The first-order valence-electron chi connectivity index (χ1n) is 5.98. The topological polar surface area (TPSA) is 20.3 Å². The Kier molecular flexibility index (Phi) is 4.43. The Hall–Kier alpha value is -0.530. The monoisotopic (exact) mass is 197 g/mol. The molecule has 0 spiro atoms. The third-order valence-corrected chi connectivity index (χ3v) is 3.11. The standard InChI is InChI=1S/C12H23NO/c1-4-12(14)13(10(2)3)11-8-6-5-7-9-11/h10-11H,4-9H2,1-3H3. The summed E-state index contributed by atoms with van der Waals surface area (Å²) in [6, 6.07) is 0.891. The molecule has 0 radical (unpaired) electrons. The van der Waals surface area contributed by atoms with Crippen LogP contribution in [0.2, 0.25) is 0 Å². The zero-order valence-corrected chi connectivity index (χ0v) is 9.75. The van der Waals surface area contributed by atoms with Crippen molar-refractivity contribution >= 4 is 5.91 Å². The van der Waals surface area contributed by atoms with Gasteiger partial charge in [-0.2, -0.15) is 0 Å². The van der Waals surface area contributed by atoms with Crippen LogP contribution in [0.3, 0.4) is 0 Å². The number of carbonyl (C=O) groups is 1. The third kappa shape index (κ3) is 2.73. The molecule has 82 valence electrons. The average Bonchev–Trinajstić information content (AvgIpc) is 2.19. The van der Waals surface area contributed by atoms with Crippen molar-refractivity contribution in [3.05, 3.63) is 0 Å². The summed E-state index contributed by atoms with van der Waals surface area (Å²) in [6.07, 6.45) is 7.01. The second-order valence-corrected chi connectivity index (χ2v) is 4.54. The van der Waals surface area contributed by atoms with Crippen LogP contribution in [0, 0.1) is 0 Å². The molecule has 0 saturated heterocycles. The fourth-order valence-electron chi connectivity index (χ4n) is 2.46. The lowest BCUT2D eigenvalue weighted by atomic mass is 9.93. The zero-order chi connectivity index (χ0) is 10.6. The van der Waals surface area contributed by atoms with E-state index < -0.39 is 0 Å². The molecule has 0 heterocycles. The molecule has 0 aliphatic heterocycles. The van der Waals surface area contributed by atoms with Crippen LogP contribution in [-0.2, 0) is 4.79 Å². The summed E-state index contributed by atoms with van der Waals surface area (Å²) in [5.74, 6) is 0.326. The second kappa shape index (κ2) is 5.38. The molecule has 2 heteroatoms. The Balaban J connectivity index is 2.60. The van der Waals surface area contributed by atoms with E-state index in [1.54, 1.807) is 0 Å². The number of carbonyl (C=O) groups excluding carboxylic acids is 1. The SMILES string of the molecule is CCC(=O)N(C(C)C)C1CCCCC1. The van der Waals surface area contributed by atoms with Crippen LogP contribution in [0.25, 0.3) is 0 Å². The highest BCUT2D eigenvalue weighted by atomic mass is 16.2. The lowest BCUT2D eigenvalue weighted by molar-refractivity contribution is -0.135. The van der Waals surface area contributed by atoms with E-state index in [9.17, 15) is 4.79 Å². The minimum Gasteiger partial charge on any atom is -0.337 e. The molecule has 0 aromatic carbocycles. The Morgan fingerprint density at radius 3 is 2.29 bits per heavy atom. The quantitative estimate of drug-likeness (QED) is 0.681. The number of nitrogens with zero attached hydrogens (tertiary/aromatic N) is 1. The first kappa shape index (κ1) is 11.5. The summed E-state index contributed by atoms with van der Waals surface area (Å²) >= 11 is 0. The third-order valence-electron chi connectivity index (χ3n) is 3.11. The van der Waals surface area contributed by atoms with Gasteiger partial charge < -0.3 is 4.90 Å². The first-order chi connectivity index (χ1) is 6.66. The molecule has 0 atom stereocenters. The molecular weight excluding hydrogens is 174 g/mol. The molecule has 1 saturated carbocycles. The van der Waals surface area contributed by atoms with Gasteiger partial charge in [0.05, 0.1) is 0 Å². The predicted molar refractivity (Wildman–Crippen MR) is 59.1 cm³/mol. The van der Waals surface area contributed by atoms with Gasteiger partial charge >= 0.3 is 0 Å². The van der Waals surface area contributed by atoms with Gasteiger partial charge in [-0.15, -0.1) is 0 Å². The molecule has 0 aromatic rings. The van der Waals surface area contributed by atoms with Gasteiger partial charge in [0.2, 0.25) is 5.91 Å². The lowest BCUT2D eigenvalue weighted by Gasteiger charge is -2.37. The van der Waals surface area contributed by atoms with E-state index in [-0.39, 0.29) is 0 Å². The fourth-order valence-corrected chi connectivity index (χ4v) is 2.46. The molecule has 0 aromatic heterocycles. The van der Waals surface area contributed by atoms with E-state index in [1.807, 2.05) is 6.92 Å². The van der Waals surface area contributed by atoms with Crippen molar-refractivity contribution in [2.75, 3.05) is 0 Å². The fraction of sp³-hybridized carbons (Fsp3) is 0.917. The Morgan fingerprint density at radius 1 is 1.29 bits per heavy atom. The minimum atomic E-state index is 0.326. The van der Waals surface area contributed by atoms with Crippen molar-refractivity contribution in [3.8, 4) is 0 Å². The maximum atomic E-state index is 11.8. The highest BCUT2D eigenvalue weighted by molar-refractivity contribution is 5.76. The van der Waals surface area contributed by atoms with E-state index in [1.165, 1.54) is 32.1 Å². The molecule has 1 amide bonds. The predicted octanol–water partition coefficient (Wildman–Crippen LogP) is 2.97. The number of rotatable bonds is 3. The van der Waals surface area contributed by atoms with Gasteiger partial charge in [-0.1, -0.05) is 26.2 Å². The van der Waals surface area contributed by atoms with Crippen LogP contribution in [0.15, 0.2) is 0 Å². The van der Waals surface area contributed by atoms with Crippen molar-refractivity contribution in [2.24, 2.45) is 0 Å². The largest absolute Gasteiger partial charge is 0.337 e. The van der Waals surface area contributed by atoms with Crippen LogP contribution in [0.1, 0.15) is 59.3 Å². The normalized spacial score (nSPS) is 18.6. The van der Waals surface area contributed by atoms with Gasteiger partial charge in [0.15, 0.2) is 0 Å². The minimum absolute atomic E-state index is 0.326. The Bertz CT molecular complexity index is 183. The van der Waals surface area contributed by atoms with E-state index >= 15 is 0 Å². The number of hydrogen-bond donors (Lipinski definition) is 0. The van der Waals surface area contributed by atoms with E-state index in [2.05, 4.69) is 18.7 Å². The van der Waals surface area contributed by atoms with Crippen molar-refractivity contribution < 1.29 is 4.79 Å². The molecule has 1 fully saturated rings. The molecule has 1 rings (SSSR count). The molecule has 2 nitrogen and oxygen atoms in total. The summed E-state index contributed by atoms with van der Waals surface area (Å²) in [5, 5.41) is 0. The van der Waals surface area contributed by atoms with Gasteiger partial charge in [0, 0.05) is 18.5 Å². The van der Waals surface area contributed by atoms with Crippen molar-refractivity contribution in [1.29, 1.82) is 0 Å². The molecule has 0 unspecified atom stereocenters. The summed E-state index contributed by atoms with van der Waals surface area (Å²) in [5.41, 5.74) is 0. The maximum absolute atomic E-state index is 11.8. The lowest BCUT2D eigenvalue weighted by Crippen LogP contribution is -2.45. The zero-order valence-electron chi connectivity index (χ0n) is 9.75. The highest BCUT2D eigenvalue weighted by Gasteiger charge is 2.26. The second-order valence-electron chi connectivity index (χ2n) is 4.54. The summed E-state index contributed by atoms with van der Waals surface area (Å²) < 4.78 is 0. The maximum Gasteiger partial charge on any atom is 0.222 e. The van der Waals surface area contributed by atoms with Crippen LogP contribution >= 0.6 is 0 Å². The first-order valence-corrected chi connectivity index (χ1v) is 5.98. The Labute approximate surface area is 87.7 Å². The van der Waals surface area contributed by atoms with Gasteiger partial charge in [0.1, 0.15) is 0 Å². The molecule has 0 bridgehead atoms. The van der Waals surface area contributed by atoms with Crippen LogP contribution < -0.4 is 0 Å². The smallest absolute Gasteiger partial charge is 0.222 e.